The Labute approximate surface area is 196 Å². The zero-order valence-corrected chi connectivity index (χ0v) is 18.7. The number of benzene rings is 6. The second-order valence-electron chi connectivity index (χ2n) is 9.03. The molecule has 7 aromatic rings. The highest BCUT2D eigenvalue weighted by Gasteiger charge is 2.16. The normalized spacial score (nSPS) is 11.8. The molecule has 2 nitrogen and oxygen atoms in total. The summed E-state index contributed by atoms with van der Waals surface area (Å²) in [4.78, 5) is 13.8. The van der Waals surface area contributed by atoms with E-state index in [-0.39, 0.29) is 5.43 Å². The van der Waals surface area contributed by atoms with Gasteiger partial charge >= 0.3 is 0 Å². The van der Waals surface area contributed by atoms with Crippen molar-refractivity contribution in [1.82, 2.24) is 4.57 Å². The number of aromatic nitrogens is 1. The minimum Gasteiger partial charge on any atom is -0.309 e. The van der Waals surface area contributed by atoms with Crippen LogP contribution in [0.2, 0.25) is 0 Å². The highest BCUT2D eigenvalue weighted by atomic mass is 16.1. The average molecular weight is 436 g/mol. The van der Waals surface area contributed by atoms with Crippen molar-refractivity contribution in [2.75, 3.05) is 0 Å². The van der Waals surface area contributed by atoms with Gasteiger partial charge < -0.3 is 4.57 Å². The molecule has 34 heavy (non-hydrogen) atoms. The summed E-state index contributed by atoms with van der Waals surface area (Å²) in [7, 11) is 0. The van der Waals surface area contributed by atoms with Crippen LogP contribution in [0.3, 0.4) is 0 Å². The Morgan fingerprint density at radius 1 is 0.471 bits per heavy atom. The number of rotatable bonds is 1. The molecule has 7 rings (SSSR count). The molecule has 160 valence electrons. The van der Waals surface area contributed by atoms with E-state index in [1.165, 1.54) is 21.5 Å². The fourth-order valence-electron chi connectivity index (χ4n) is 5.46. The molecule has 0 spiro atoms. The van der Waals surface area contributed by atoms with Crippen molar-refractivity contribution in [3.05, 3.63) is 125 Å². The Bertz CT molecular complexity index is 1980. The van der Waals surface area contributed by atoms with Crippen LogP contribution in [0.4, 0.5) is 0 Å². The van der Waals surface area contributed by atoms with Gasteiger partial charge in [0.25, 0.3) is 0 Å². The monoisotopic (exact) mass is 435 g/mol. The van der Waals surface area contributed by atoms with Gasteiger partial charge in [0.1, 0.15) is 0 Å². The van der Waals surface area contributed by atoms with Crippen molar-refractivity contribution in [2.24, 2.45) is 0 Å². The summed E-state index contributed by atoms with van der Waals surface area (Å²) in [5.41, 5.74) is 4.13. The van der Waals surface area contributed by atoms with Crippen LogP contribution in [0.5, 0.6) is 0 Å². The van der Waals surface area contributed by atoms with E-state index in [1.807, 2.05) is 30.3 Å². The van der Waals surface area contributed by atoms with Crippen molar-refractivity contribution in [1.29, 1.82) is 0 Å². The second-order valence-corrected chi connectivity index (χ2v) is 9.03. The molecule has 0 bridgehead atoms. The lowest BCUT2D eigenvalue weighted by Gasteiger charge is -2.18. The molecule has 1 heterocycles. The number of pyridine rings is 1. The summed E-state index contributed by atoms with van der Waals surface area (Å²) in [6, 6.07) is 37.8. The van der Waals surface area contributed by atoms with E-state index in [2.05, 4.69) is 90.4 Å². The molecule has 0 fully saturated rings. The lowest BCUT2D eigenvalue weighted by Crippen LogP contribution is -2.10. The fraction of sp³-hybridized carbons (Fsp3) is 0.0312. The van der Waals surface area contributed by atoms with Crippen LogP contribution in [0.15, 0.2) is 114 Å². The SMILES string of the molecule is Cc1ccc2c(=O)c3cc4c5ccccc5c5ccccc5c4cc3n(-c3ccccc3)c2c1. The molecule has 2 heteroatoms. The highest BCUT2D eigenvalue weighted by molar-refractivity contribution is 6.27. The van der Waals surface area contributed by atoms with Gasteiger partial charge in [0.05, 0.1) is 11.0 Å². The number of nitrogens with zero attached hydrogens (tertiary/aromatic N) is 1. The number of hydrogen-bond donors (Lipinski definition) is 0. The quantitative estimate of drug-likeness (QED) is 0.190. The van der Waals surface area contributed by atoms with Crippen LogP contribution in [0.25, 0.3) is 59.8 Å². The summed E-state index contributed by atoms with van der Waals surface area (Å²) < 4.78 is 2.24. The first-order valence-electron chi connectivity index (χ1n) is 11.6. The summed E-state index contributed by atoms with van der Waals surface area (Å²) >= 11 is 0. The third kappa shape index (κ3) is 2.60. The fourth-order valence-corrected chi connectivity index (χ4v) is 5.46. The molecule has 0 saturated heterocycles. The molecule has 0 atom stereocenters. The highest BCUT2D eigenvalue weighted by Crippen LogP contribution is 2.37. The Morgan fingerprint density at radius 2 is 1.00 bits per heavy atom. The zero-order valence-electron chi connectivity index (χ0n) is 18.7. The molecule has 0 aliphatic rings. The predicted molar refractivity (Wildman–Crippen MR) is 144 cm³/mol. The maximum absolute atomic E-state index is 13.8. The number of fused-ring (bicyclic) bond motifs is 8. The van der Waals surface area contributed by atoms with Crippen molar-refractivity contribution in [3.63, 3.8) is 0 Å². The molecule has 1 aromatic heterocycles. The van der Waals surface area contributed by atoms with Crippen LogP contribution >= 0.6 is 0 Å². The lowest BCUT2D eigenvalue weighted by molar-refractivity contribution is 1.16. The van der Waals surface area contributed by atoms with E-state index in [4.69, 9.17) is 0 Å². The standard InChI is InChI=1S/C32H21NO/c1-20-15-16-26-30(17-20)33(21-9-3-2-4-10-21)31-19-28-25-14-8-6-12-23(25)22-11-5-7-13-24(22)27(28)18-29(31)32(26)34/h2-19H,1H3. The third-order valence-corrected chi connectivity index (χ3v) is 7.00. The van der Waals surface area contributed by atoms with E-state index in [0.29, 0.717) is 0 Å². The minimum atomic E-state index is 0.0799. The molecular weight excluding hydrogens is 414 g/mol. The smallest absolute Gasteiger partial charge is 0.197 e. The van der Waals surface area contributed by atoms with Gasteiger partial charge in [0, 0.05) is 16.5 Å². The van der Waals surface area contributed by atoms with Crippen LogP contribution in [0, 0.1) is 6.92 Å². The Balaban J connectivity index is 1.80. The third-order valence-electron chi connectivity index (χ3n) is 7.00. The van der Waals surface area contributed by atoms with Crippen LogP contribution in [-0.2, 0) is 0 Å². The number of para-hydroxylation sites is 1. The van der Waals surface area contributed by atoms with Crippen LogP contribution < -0.4 is 5.43 Å². The molecular formula is C32H21NO. The molecule has 0 saturated carbocycles. The molecule has 0 amide bonds. The molecule has 0 N–H and O–H groups in total. The summed E-state index contributed by atoms with van der Waals surface area (Å²) in [5, 5.41) is 8.59. The van der Waals surface area contributed by atoms with Crippen molar-refractivity contribution >= 4 is 54.1 Å². The maximum atomic E-state index is 13.8. The topological polar surface area (TPSA) is 22.0 Å². The van der Waals surface area contributed by atoms with Gasteiger partial charge in [-0.2, -0.15) is 0 Å². The largest absolute Gasteiger partial charge is 0.309 e. The molecule has 0 aliphatic heterocycles. The second kappa shape index (κ2) is 7.03. The van der Waals surface area contributed by atoms with Crippen LogP contribution in [-0.4, -0.2) is 4.57 Å². The zero-order chi connectivity index (χ0) is 22.8. The first-order chi connectivity index (χ1) is 16.7. The summed E-state index contributed by atoms with van der Waals surface area (Å²) in [6.07, 6.45) is 0. The van der Waals surface area contributed by atoms with E-state index in [1.54, 1.807) is 0 Å². The molecule has 0 unspecified atom stereocenters. The van der Waals surface area contributed by atoms with Crippen molar-refractivity contribution in [2.45, 2.75) is 6.92 Å². The van der Waals surface area contributed by atoms with Crippen molar-refractivity contribution in [3.8, 4) is 5.69 Å². The van der Waals surface area contributed by atoms with Gasteiger partial charge in [0.15, 0.2) is 5.43 Å². The molecule has 0 radical (unpaired) electrons. The lowest BCUT2D eigenvalue weighted by atomic mass is 9.92. The van der Waals surface area contributed by atoms with E-state index in [9.17, 15) is 4.79 Å². The number of hydrogen-bond acceptors (Lipinski definition) is 1. The summed E-state index contributed by atoms with van der Waals surface area (Å²) in [5.74, 6) is 0. The maximum Gasteiger partial charge on any atom is 0.197 e. The Morgan fingerprint density at radius 3 is 1.65 bits per heavy atom. The van der Waals surface area contributed by atoms with Gasteiger partial charge in [0.2, 0.25) is 0 Å². The summed E-state index contributed by atoms with van der Waals surface area (Å²) in [6.45, 7) is 2.07. The predicted octanol–water partition coefficient (Wildman–Crippen LogP) is 7.91. The molecule has 6 aromatic carbocycles. The van der Waals surface area contributed by atoms with Crippen molar-refractivity contribution < 1.29 is 0 Å². The van der Waals surface area contributed by atoms with E-state index < -0.39 is 0 Å². The Hall–Kier alpha value is -4.43. The first kappa shape index (κ1) is 19.1. The van der Waals surface area contributed by atoms with Gasteiger partial charge in [-0.15, -0.1) is 0 Å². The molecule has 0 aliphatic carbocycles. The van der Waals surface area contributed by atoms with E-state index in [0.717, 1.165) is 43.8 Å². The van der Waals surface area contributed by atoms with E-state index >= 15 is 0 Å². The van der Waals surface area contributed by atoms with Gasteiger partial charge in [-0.05, 0) is 81.2 Å². The number of aryl methyl sites for hydroxylation is 1. The van der Waals surface area contributed by atoms with Gasteiger partial charge in [-0.1, -0.05) is 72.8 Å². The van der Waals surface area contributed by atoms with Gasteiger partial charge in [-0.3, -0.25) is 4.79 Å². The minimum absolute atomic E-state index is 0.0799. The Kier molecular flexibility index (Phi) is 3.95. The van der Waals surface area contributed by atoms with Gasteiger partial charge in [-0.25, -0.2) is 0 Å². The first-order valence-corrected chi connectivity index (χ1v) is 11.6. The average Bonchev–Trinajstić information content (AvgIpc) is 2.89. The van der Waals surface area contributed by atoms with Crippen LogP contribution in [0.1, 0.15) is 5.56 Å².